The Bertz CT molecular complexity index is 1290. The molecule has 9 heteroatoms. The number of hydrogen-bond donors (Lipinski definition) is 1. The minimum Gasteiger partial charge on any atom is -0.493 e. The van der Waals surface area contributed by atoms with Gasteiger partial charge in [-0.1, -0.05) is 12.1 Å². The maximum absolute atomic E-state index is 13.7. The summed E-state index contributed by atoms with van der Waals surface area (Å²) in [5.74, 6) is 1.78. The molecule has 1 saturated heterocycles. The fourth-order valence-electron chi connectivity index (χ4n) is 5.00. The van der Waals surface area contributed by atoms with E-state index in [-0.39, 0.29) is 11.8 Å². The van der Waals surface area contributed by atoms with Crippen LogP contribution in [0.25, 0.3) is 0 Å². The summed E-state index contributed by atoms with van der Waals surface area (Å²) < 4.78 is 7.85. The van der Waals surface area contributed by atoms with Gasteiger partial charge in [0, 0.05) is 57.8 Å². The molecule has 0 unspecified atom stereocenters. The van der Waals surface area contributed by atoms with Crippen LogP contribution < -0.4 is 15.0 Å². The molecule has 3 aromatic rings. The number of aromatic nitrogens is 2. The van der Waals surface area contributed by atoms with Gasteiger partial charge in [0.15, 0.2) is 0 Å². The normalized spacial score (nSPS) is 15.4. The molecule has 0 spiro atoms. The van der Waals surface area contributed by atoms with Crippen molar-refractivity contribution in [1.29, 1.82) is 0 Å². The van der Waals surface area contributed by atoms with Crippen molar-refractivity contribution in [3.63, 3.8) is 0 Å². The van der Waals surface area contributed by atoms with Crippen LogP contribution in [0.4, 0.5) is 17.2 Å². The van der Waals surface area contributed by atoms with E-state index < -0.39 is 0 Å². The number of amides is 2. The summed E-state index contributed by atoms with van der Waals surface area (Å²) >= 11 is 0. The molecule has 0 saturated carbocycles. The summed E-state index contributed by atoms with van der Waals surface area (Å²) in [6, 6.07) is 13.5. The lowest BCUT2D eigenvalue weighted by atomic mass is 10.1. The number of carbonyl (C=O) groups is 2. The van der Waals surface area contributed by atoms with E-state index in [9.17, 15) is 9.59 Å². The van der Waals surface area contributed by atoms with Gasteiger partial charge in [-0.3, -0.25) is 19.2 Å². The highest BCUT2D eigenvalue weighted by Gasteiger charge is 2.27. The van der Waals surface area contributed by atoms with Crippen LogP contribution in [0, 0.1) is 6.92 Å². The second kappa shape index (κ2) is 10.6. The molecule has 1 N–H and O–H groups in total. The molecular formula is C28H34N6O3. The molecule has 194 valence electrons. The summed E-state index contributed by atoms with van der Waals surface area (Å²) in [6.45, 7) is 9.00. The van der Waals surface area contributed by atoms with Crippen molar-refractivity contribution in [1.82, 2.24) is 19.6 Å². The van der Waals surface area contributed by atoms with Crippen LogP contribution in [0.3, 0.4) is 0 Å². The van der Waals surface area contributed by atoms with E-state index in [2.05, 4.69) is 15.3 Å². The molecule has 37 heavy (non-hydrogen) atoms. The van der Waals surface area contributed by atoms with Gasteiger partial charge in [-0.05, 0) is 49.2 Å². The number of carbonyl (C=O) groups excluding carboxylic acids is 2. The third kappa shape index (κ3) is 5.32. The second-order valence-electron chi connectivity index (χ2n) is 9.71. The number of nitrogens with zero attached hydrogens (tertiary/aromatic N) is 5. The number of para-hydroxylation sites is 2. The Hall–Kier alpha value is -3.85. The van der Waals surface area contributed by atoms with Crippen molar-refractivity contribution in [2.45, 2.75) is 26.8 Å². The number of anilines is 3. The molecule has 2 aliphatic rings. The largest absolute Gasteiger partial charge is 0.493 e. The zero-order chi connectivity index (χ0) is 25.9. The average molecular weight is 503 g/mol. The number of aryl methyl sites for hydroxylation is 2. The van der Waals surface area contributed by atoms with Crippen LogP contribution in [0.2, 0.25) is 0 Å². The van der Waals surface area contributed by atoms with Crippen LogP contribution in [0.1, 0.15) is 34.8 Å². The monoisotopic (exact) mass is 502 g/mol. The van der Waals surface area contributed by atoms with Crippen molar-refractivity contribution in [3.05, 3.63) is 65.4 Å². The number of ether oxygens (including phenoxy) is 1. The van der Waals surface area contributed by atoms with Gasteiger partial charge >= 0.3 is 0 Å². The summed E-state index contributed by atoms with van der Waals surface area (Å²) in [5.41, 5.74) is 4.23. The zero-order valence-electron chi connectivity index (χ0n) is 21.7. The molecule has 2 aliphatic heterocycles. The highest BCUT2D eigenvalue weighted by atomic mass is 16.5. The maximum Gasteiger partial charge on any atom is 0.258 e. The predicted molar refractivity (Wildman–Crippen MR) is 143 cm³/mol. The number of hydrogen-bond acceptors (Lipinski definition) is 6. The minimum atomic E-state index is -0.0645. The maximum atomic E-state index is 13.7. The average Bonchev–Trinajstić information content (AvgIpc) is 3.14. The molecule has 9 nitrogen and oxygen atoms in total. The number of fused-ring (bicyclic) bond motifs is 2. The van der Waals surface area contributed by atoms with Gasteiger partial charge < -0.3 is 19.9 Å². The van der Waals surface area contributed by atoms with E-state index in [1.165, 1.54) is 0 Å². The standard InChI is InChI=1S/C28H34N6O3/c1-20-17-22(9-10-26(20)37-16-6-11-32-12-14-33(15-13-32)21(2)35)28(36)34-19-23-18-29-31(3)27(23)30-24-7-4-5-8-25(24)34/h4-5,7-10,17-18,30H,6,11-16,19H2,1-3H3. The first-order chi connectivity index (χ1) is 17.9. The first kappa shape index (κ1) is 24.8. The van der Waals surface area contributed by atoms with Gasteiger partial charge in [0.05, 0.1) is 30.7 Å². The summed E-state index contributed by atoms with van der Waals surface area (Å²) in [5, 5.41) is 7.79. The molecule has 2 aromatic carbocycles. The number of rotatable bonds is 6. The van der Waals surface area contributed by atoms with Crippen LogP contribution >= 0.6 is 0 Å². The lowest BCUT2D eigenvalue weighted by Gasteiger charge is -2.34. The van der Waals surface area contributed by atoms with Crippen molar-refractivity contribution in [2.24, 2.45) is 7.05 Å². The molecular weight excluding hydrogens is 468 g/mol. The van der Waals surface area contributed by atoms with Crippen LogP contribution in [-0.2, 0) is 18.4 Å². The van der Waals surface area contributed by atoms with Gasteiger partial charge in [0.2, 0.25) is 5.91 Å². The Labute approximate surface area is 217 Å². The summed E-state index contributed by atoms with van der Waals surface area (Å²) in [7, 11) is 1.89. The molecule has 5 rings (SSSR count). The van der Waals surface area contributed by atoms with Gasteiger partial charge in [-0.2, -0.15) is 5.10 Å². The van der Waals surface area contributed by atoms with E-state index in [1.54, 1.807) is 22.7 Å². The number of nitrogens with one attached hydrogen (secondary N) is 1. The topological polar surface area (TPSA) is 82.9 Å². The smallest absolute Gasteiger partial charge is 0.258 e. The SMILES string of the molecule is CC(=O)N1CCN(CCCOc2ccc(C(=O)N3Cc4cnn(C)c4Nc4ccccc43)cc2C)CC1. The molecule has 0 aliphatic carbocycles. The van der Waals surface area contributed by atoms with Gasteiger partial charge in [-0.15, -0.1) is 0 Å². The van der Waals surface area contributed by atoms with Crippen molar-refractivity contribution in [3.8, 4) is 5.75 Å². The Balaban J connectivity index is 1.22. The highest BCUT2D eigenvalue weighted by Crippen LogP contribution is 2.36. The van der Waals surface area contributed by atoms with Gasteiger partial charge in [0.1, 0.15) is 11.6 Å². The fraction of sp³-hybridized carbons (Fsp3) is 0.393. The third-order valence-corrected chi connectivity index (χ3v) is 7.15. The molecule has 0 atom stereocenters. The first-order valence-corrected chi connectivity index (χ1v) is 12.8. The molecule has 0 bridgehead atoms. The van der Waals surface area contributed by atoms with Crippen LogP contribution in [0.5, 0.6) is 5.75 Å². The van der Waals surface area contributed by atoms with Crippen LogP contribution in [0.15, 0.2) is 48.7 Å². The van der Waals surface area contributed by atoms with Crippen molar-refractivity contribution < 1.29 is 14.3 Å². The Morgan fingerprint density at radius 1 is 1.08 bits per heavy atom. The van der Waals surface area contributed by atoms with E-state index in [0.29, 0.717) is 18.7 Å². The Morgan fingerprint density at radius 2 is 1.86 bits per heavy atom. The minimum absolute atomic E-state index is 0.0645. The van der Waals surface area contributed by atoms with E-state index >= 15 is 0 Å². The van der Waals surface area contributed by atoms with Gasteiger partial charge in [-0.25, -0.2) is 0 Å². The highest BCUT2D eigenvalue weighted by molar-refractivity contribution is 6.08. The number of benzene rings is 2. The van der Waals surface area contributed by atoms with E-state index in [1.807, 2.05) is 61.3 Å². The number of piperazine rings is 1. The Kier molecular flexibility index (Phi) is 7.14. The quantitative estimate of drug-likeness (QED) is 0.519. The molecule has 1 fully saturated rings. The lowest BCUT2D eigenvalue weighted by molar-refractivity contribution is -0.130. The van der Waals surface area contributed by atoms with E-state index in [0.717, 1.165) is 73.2 Å². The van der Waals surface area contributed by atoms with Gasteiger partial charge in [0.25, 0.3) is 5.91 Å². The molecule has 1 aromatic heterocycles. The van der Waals surface area contributed by atoms with E-state index in [4.69, 9.17) is 4.74 Å². The molecule has 0 radical (unpaired) electrons. The zero-order valence-corrected chi connectivity index (χ0v) is 21.7. The molecule has 3 heterocycles. The lowest BCUT2D eigenvalue weighted by Crippen LogP contribution is -2.48. The summed E-state index contributed by atoms with van der Waals surface area (Å²) in [4.78, 5) is 31.3. The second-order valence-corrected chi connectivity index (χ2v) is 9.71. The molecule has 2 amide bonds. The summed E-state index contributed by atoms with van der Waals surface area (Å²) in [6.07, 6.45) is 2.71. The van der Waals surface area contributed by atoms with Crippen molar-refractivity contribution >= 4 is 29.0 Å². The predicted octanol–water partition coefficient (Wildman–Crippen LogP) is 3.57. The Morgan fingerprint density at radius 3 is 2.62 bits per heavy atom. The fourth-order valence-corrected chi connectivity index (χ4v) is 5.00. The van der Waals surface area contributed by atoms with Crippen LogP contribution in [-0.4, -0.2) is 70.7 Å². The first-order valence-electron chi connectivity index (χ1n) is 12.8. The van der Waals surface area contributed by atoms with Crippen molar-refractivity contribution in [2.75, 3.05) is 49.5 Å². The third-order valence-electron chi connectivity index (χ3n) is 7.15.